The third-order valence-electron chi connectivity index (χ3n) is 7.28. The number of amides is 1. The lowest BCUT2D eigenvalue weighted by Gasteiger charge is -2.32. The van der Waals surface area contributed by atoms with Gasteiger partial charge in [0.2, 0.25) is 5.91 Å². The second-order valence-corrected chi connectivity index (χ2v) is 10.9. The van der Waals surface area contributed by atoms with Crippen LogP contribution in [-0.2, 0) is 11.2 Å². The lowest BCUT2D eigenvalue weighted by atomic mass is 9.89. The molecule has 2 aliphatic carbocycles. The minimum absolute atomic E-state index is 0.0814. The summed E-state index contributed by atoms with van der Waals surface area (Å²) in [5, 5.41) is 24.5. The van der Waals surface area contributed by atoms with Crippen LogP contribution >= 0.6 is 0 Å². The van der Waals surface area contributed by atoms with E-state index < -0.39 is 6.10 Å². The van der Waals surface area contributed by atoms with Crippen molar-refractivity contribution in [3.05, 3.63) is 59.2 Å². The Morgan fingerprint density at radius 3 is 2.79 bits per heavy atom. The Kier molecular flexibility index (Phi) is 8.54. The molecule has 0 radical (unpaired) electrons. The van der Waals surface area contributed by atoms with Gasteiger partial charge in [-0.15, -0.1) is 0 Å². The number of nitrogens with one attached hydrogen (secondary N) is 1. The average molecular weight is 455 g/mol. The van der Waals surface area contributed by atoms with E-state index in [9.17, 15) is 15.0 Å². The Labute approximate surface area is 199 Å². The highest BCUT2D eigenvalue weighted by atomic mass is 16.3. The molecule has 0 aromatic heterocycles. The molecule has 5 nitrogen and oxygen atoms in total. The predicted octanol–water partition coefficient (Wildman–Crippen LogP) is 3.63. The van der Waals surface area contributed by atoms with Crippen molar-refractivity contribution in [3.8, 4) is 0 Å². The summed E-state index contributed by atoms with van der Waals surface area (Å²) in [6.45, 7) is 9.65. The molecule has 1 aromatic rings. The van der Waals surface area contributed by atoms with E-state index in [1.165, 1.54) is 11.1 Å². The molecule has 0 spiro atoms. The van der Waals surface area contributed by atoms with Crippen LogP contribution in [0.1, 0.15) is 51.2 Å². The van der Waals surface area contributed by atoms with E-state index in [0.717, 1.165) is 24.9 Å². The minimum atomic E-state index is -0.544. The maximum atomic E-state index is 12.3. The Bertz CT molecular complexity index is 870. The molecule has 0 saturated heterocycles. The third-order valence-corrected chi connectivity index (χ3v) is 7.28. The summed E-state index contributed by atoms with van der Waals surface area (Å²) in [5.74, 6) is 1.03. The lowest BCUT2D eigenvalue weighted by Crippen LogP contribution is -2.43. The number of allylic oxidation sites excluding steroid dienone is 1. The first-order chi connectivity index (χ1) is 15.5. The van der Waals surface area contributed by atoms with Gasteiger partial charge in [0.05, 0.1) is 12.2 Å². The Balaban J connectivity index is 1.45. The average Bonchev–Trinajstić information content (AvgIpc) is 3.24. The topological polar surface area (TPSA) is 72.8 Å². The molecule has 182 valence electrons. The SMILES string of the molecule is Cc1cccc(C[C@@H](O)/C=C/[C@@H]2[C@H]3CC(CNCCC(=O)N(C)C(C)(C)C)=C[C@H]3C[C@H]2O)c1. The highest BCUT2D eigenvalue weighted by Gasteiger charge is 2.43. The molecule has 5 heteroatoms. The summed E-state index contributed by atoms with van der Waals surface area (Å²) < 4.78 is 0. The molecule has 3 rings (SSSR count). The second-order valence-electron chi connectivity index (χ2n) is 10.9. The molecule has 5 atom stereocenters. The van der Waals surface area contributed by atoms with Crippen LogP contribution in [0.3, 0.4) is 0 Å². The zero-order valence-electron chi connectivity index (χ0n) is 20.9. The highest BCUT2D eigenvalue weighted by Crippen LogP contribution is 2.47. The fourth-order valence-corrected chi connectivity index (χ4v) is 5.13. The number of fused-ring (bicyclic) bond motifs is 1. The molecular formula is C28H42N2O3. The summed E-state index contributed by atoms with van der Waals surface area (Å²) in [5.41, 5.74) is 3.54. The maximum Gasteiger partial charge on any atom is 0.224 e. The summed E-state index contributed by atoms with van der Waals surface area (Å²) in [4.78, 5) is 14.1. The molecule has 1 fully saturated rings. The Morgan fingerprint density at radius 2 is 2.09 bits per heavy atom. The summed E-state index contributed by atoms with van der Waals surface area (Å²) in [7, 11) is 1.86. The number of aryl methyl sites for hydroxylation is 1. The summed E-state index contributed by atoms with van der Waals surface area (Å²) in [6.07, 6.45) is 8.17. The largest absolute Gasteiger partial charge is 0.392 e. The molecule has 3 N–H and O–H groups in total. The van der Waals surface area contributed by atoms with Crippen LogP contribution < -0.4 is 5.32 Å². The van der Waals surface area contributed by atoms with Crippen LogP contribution in [0.15, 0.2) is 48.1 Å². The maximum absolute atomic E-state index is 12.3. The van der Waals surface area contributed by atoms with Crippen molar-refractivity contribution in [2.75, 3.05) is 20.1 Å². The second kappa shape index (κ2) is 11.0. The van der Waals surface area contributed by atoms with Crippen LogP contribution in [0.2, 0.25) is 0 Å². The number of aliphatic hydroxyl groups excluding tert-OH is 2. The standard InChI is InChI=1S/C28H42N2O3/c1-19-7-6-8-20(13-19)15-23(31)9-10-24-25-16-21(14-22(25)17-26(24)32)18-29-12-11-27(33)30(5)28(2,3)4/h6-10,13-14,22-26,29,31-32H,11-12,15-18H2,1-5H3/b10-9+/t22-,23-,24+,25-,26+/m0/s1. The van der Waals surface area contributed by atoms with Gasteiger partial charge < -0.3 is 20.4 Å². The first kappa shape index (κ1) is 25.7. The first-order valence-corrected chi connectivity index (χ1v) is 12.3. The van der Waals surface area contributed by atoms with E-state index in [2.05, 4.69) is 30.4 Å². The Hall–Kier alpha value is -1.95. The van der Waals surface area contributed by atoms with Gasteiger partial charge in [0.1, 0.15) is 0 Å². The molecule has 1 aromatic carbocycles. The molecule has 1 saturated carbocycles. The van der Waals surface area contributed by atoms with Crippen molar-refractivity contribution in [2.45, 2.75) is 71.1 Å². The van der Waals surface area contributed by atoms with Gasteiger partial charge in [-0.25, -0.2) is 0 Å². The zero-order chi connectivity index (χ0) is 24.2. The molecular weight excluding hydrogens is 412 g/mol. The number of benzene rings is 1. The molecule has 1 amide bonds. The third kappa shape index (κ3) is 7.02. The van der Waals surface area contributed by atoms with Gasteiger partial charge in [-0.2, -0.15) is 0 Å². The normalized spacial score (nSPS) is 25.8. The molecule has 2 aliphatic rings. The van der Waals surface area contributed by atoms with Crippen LogP contribution in [0, 0.1) is 24.7 Å². The number of hydrogen-bond donors (Lipinski definition) is 3. The quantitative estimate of drug-likeness (QED) is 0.394. The van der Waals surface area contributed by atoms with Crippen molar-refractivity contribution in [1.29, 1.82) is 0 Å². The van der Waals surface area contributed by atoms with Crippen molar-refractivity contribution < 1.29 is 15.0 Å². The highest BCUT2D eigenvalue weighted by molar-refractivity contribution is 5.76. The van der Waals surface area contributed by atoms with Crippen molar-refractivity contribution in [1.82, 2.24) is 10.2 Å². The van der Waals surface area contributed by atoms with E-state index in [1.807, 2.05) is 52.1 Å². The van der Waals surface area contributed by atoms with Gasteiger partial charge in [-0.3, -0.25) is 4.79 Å². The van der Waals surface area contributed by atoms with E-state index >= 15 is 0 Å². The fourth-order valence-electron chi connectivity index (χ4n) is 5.13. The number of carbonyl (C=O) groups excluding carboxylic acids is 1. The van der Waals surface area contributed by atoms with Gasteiger partial charge in [0.15, 0.2) is 0 Å². The van der Waals surface area contributed by atoms with Gasteiger partial charge >= 0.3 is 0 Å². The smallest absolute Gasteiger partial charge is 0.224 e. The molecule has 0 aliphatic heterocycles. The molecule has 33 heavy (non-hydrogen) atoms. The number of aliphatic hydroxyl groups is 2. The van der Waals surface area contributed by atoms with Crippen LogP contribution in [-0.4, -0.2) is 58.9 Å². The van der Waals surface area contributed by atoms with Gasteiger partial charge in [0, 0.05) is 44.4 Å². The van der Waals surface area contributed by atoms with E-state index in [-0.39, 0.29) is 23.5 Å². The van der Waals surface area contributed by atoms with E-state index in [1.54, 1.807) is 4.90 Å². The van der Waals surface area contributed by atoms with E-state index in [4.69, 9.17) is 0 Å². The Morgan fingerprint density at radius 1 is 1.33 bits per heavy atom. The zero-order valence-corrected chi connectivity index (χ0v) is 20.9. The predicted molar refractivity (Wildman–Crippen MR) is 134 cm³/mol. The van der Waals surface area contributed by atoms with Crippen molar-refractivity contribution >= 4 is 5.91 Å². The van der Waals surface area contributed by atoms with Gasteiger partial charge in [-0.1, -0.05) is 53.6 Å². The van der Waals surface area contributed by atoms with Crippen LogP contribution in [0.4, 0.5) is 0 Å². The molecule has 0 unspecified atom stereocenters. The fraction of sp³-hybridized carbons (Fsp3) is 0.607. The lowest BCUT2D eigenvalue weighted by molar-refractivity contribution is -0.133. The van der Waals surface area contributed by atoms with Crippen LogP contribution in [0.5, 0.6) is 0 Å². The number of carbonyl (C=O) groups is 1. The van der Waals surface area contributed by atoms with E-state index in [0.29, 0.717) is 31.2 Å². The monoisotopic (exact) mass is 454 g/mol. The minimum Gasteiger partial charge on any atom is -0.392 e. The van der Waals surface area contributed by atoms with Gasteiger partial charge in [0.25, 0.3) is 0 Å². The van der Waals surface area contributed by atoms with Gasteiger partial charge in [-0.05, 0) is 57.9 Å². The molecule has 0 bridgehead atoms. The molecule has 0 heterocycles. The first-order valence-electron chi connectivity index (χ1n) is 12.3. The van der Waals surface area contributed by atoms with Crippen molar-refractivity contribution in [3.63, 3.8) is 0 Å². The number of nitrogens with zero attached hydrogens (tertiary/aromatic N) is 1. The summed E-state index contributed by atoms with van der Waals surface area (Å²) in [6, 6.07) is 8.22. The summed E-state index contributed by atoms with van der Waals surface area (Å²) >= 11 is 0. The van der Waals surface area contributed by atoms with Crippen molar-refractivity contribution in [2.24, 2.45) is 17.8 Å². The number of rotatable bonds is 9. The number of hydrogen-bond acceptors (Lipinski definition) is 4. The van der Waals surface area contributed by atoms with Crippen LogP contribution in [0.25, 0.3) is 0 Å².